The van der Waals surface area contributed by atoms with Crippen molar-refractivity contribution in [2.45, 2.75) is 45.1 Å². The van der Waals surface area contributed by atoms with Crippen LogP contribution in [-0.2, 0) is 0 Å². The van der Waals surface area contributed by atoms with Crippen LogP contribution in [-0.4, -0.2) is 13.1 Å². The number of benzene rings is 1. The van der Waals surface area contributed by atoms with Crippen molar-refractivity contribution in [1.29, 1.82) is 0 Å². The third-order valence-electron chi connectivity index (χ3n) is 3.94. The fourth-order valence-corrected chi connectivity index (χ4v) is 2.71. The van der Waals surface area contributed by atoms with Gasteiger partial charge in [-0.25, -0.2) is 4.39 Å². The fourth-order valence-electron chi connectivity index (χ4n) is 2.71. The number of halogens is 4. The summed E-state index contributed by atoms with van der Waals surface area (Å²) in [5.41, 5.74) is -0.816. The summed E-state index contributed by atoms with van der Waals surface area (Å²) in [5.74, 6) is -0.484. The Labute approximate surface area is 165 Å². The fraction of sp³-hybridized carbons (Fsp3) is 0.571. The SMILES string of the molecule is CCC1CCCC(Oc2cc([B-](F)(F)F)ccc2F)C1.[K+]. The molecule has 1 aliphatic rings. The van der Waals surface area contributed by atoms with Gasteiger partial charge in [-0.3, -0.25) is 0 Å². The molecule has 1 fully saturated rings. The van der Waals surface area contributed by atoms with E-state index in [1.165, 1.54) is 0 Å². The Morgan fingerprint density at radius 3 is 2.57 bits per heavy atom. The molecule has 21 heavy (non-hydrogen) atoms. The standard InChI is InChI=1S/C14H18BF4O.K/c1-2-10-4-3-5-12(8-10)20-14-9-11(15(17,18)19)6-7-13(14)16;/h6-7,9-10,12H,2-5,8H2,1H3;/q-1;+1. The third kappa shape index (κ3) is 5.53. The minimum Gasteiger partial charge on any atom is -0.487 e. The summed E-state index contributed by atoms with van der Waals surface area (Å²) >= 11 is 0. The molecule has 0 amide bonds. The Morgan fingerprint density at radius 2 is 1.95 bits per heavy atom. The van der Waals surface area contributed by atoms with Crippen molar-refractivity contribution in [3.63, 3.8) is 0 Å². The Balaban J connectivity index is 0.00000220. The average Bonchev–Trinajstić information content (AvgIpc) is 2.40. The summed E-state index contributed by atoms with van der Waals surface area (Å²) in [6.45, 7) is -3.05. The van der Waals surface area contributed by atoms with E-state index in [0.29, 0.717) is 5.92 Å². The van der Waals surface area contributed by atoms with Gasteiger partial charge in [-0.1, -0.05) is 25.8 Å². The van der Waals surface area contributed by atoms with Crippen molar-refractivity contribution < 1.29 is 73.5 Å². The minimum atomic E-state index is -5.13. The van der Waals surface area contributed by atoms with E-state index in [2.05, 4.69) is 6.92 Å². The zero-order chi connectivity index (χ0) is 14.8. The van der Waals surface area contributed by atoms with E-state index >= 15 is 0 Å². The summed E-state index contributed by atoms with van der Waals surface area (Å²) in [4.78, 5) is 0. The second kappa shape index (κ2) is 8.34. The van der Waals surface area contributed by atoms with Gasteiger partial charge in [-0.15, -0.1) is 5.46 Å². The molecule has 1 nitrogen and oxygen atoms in total. The molecular formula is C14H18BF4KO. The van der Waals surface area contributed by atoms with E-state index in [1.807, 2.05) is 0 Å². The first-order chi connectivity index (χ1) is 9.40. The number of hydrogen-bond donors (Lipinski definition) is 0. The van der Waals surface area contributed by atoms with Crippen molar-refractivity contribution >= 4 is 12.4 Å². The zero-order valence-electron chi connectivity index (χ0n) is 12.4. The summed E-state index contributed by atoms with van der Waals surface area (Å²) in [6, 6.07) is 2.38. The molecule has 0 bridgehead atoms. The number of hydrogen-bond acceptors (Lipinski definition) is 1. The van der Waals surface area contributed by atoms with Gasteiger partial charge in [0.25, 0.3) is 0 Å². The molecule has 0 radical (unpaired) electrons. The van der Waals surface area contributed by atoms with Gasteiger partial charge in [-0.2, -0.15) is 0 Å². The van der Waals surface area contributed by atoms with Crippen LogP contribution < -0.4 is 61.6 Å². The molecule has 1 aromatic rings. The van der Waals surface area contributed by atoms with Gasteiger partial charge in [0.1, 0.15) is 0 Å². The van der Waals surface area contributed by atoms with Gasteiger partial charge >= 0.3 is 58.4 Å². The average molecular weight is 328 g/mol. The summed E-state index contributed by atoms with van der Waals surface area (Å²) in [5, 5.41) is 0. The molecule has 2 unspecified atom stereocenters. The van der Waals surface area contributed by atoms with Crippen LogP contribution in [0.15, 0.2) is 18.2 Å². The van der Waals surface area contributed by atoms with E-state index in [9.17, 15) is 17.3 Å². The predicted molar refractivity (Wildman–Crippen MR) is 71.8 cm³/mol. The van der Waals surface area contributed by atoms with Crippen molar-refractivity contribution in [2.75, 3.05) is 0 Å². The maximum atomic E-state index is 13.6. The second-order valence-electron chi connectivity index (χ2n) is 5.45. The van der Waals surface area contributed by atoms with Gasteiger partial charge < -0.3 is 17.7 Å². The molecule has 2 atom stereocenters. The number of ether oxygens (including phenoxy) is 1. The quantitative estimate of drug-likeness (QED) is 0.597. The molecule has 0 aromatic heterocycles. The van der Waals surface area contributed by atoms with Gasteiger partial charge in [0.2, 0.25) is 0 Å². The first-order valence-corrected chi connectivity index (χ1v) is 7.06. The van der Waals surface area contributed by atoms with Crippen LogP contribution >= 0.6 is 0 Å². The summed E-state index contributed by atoms with van der Waals surface area (Å²) < 4.78 is 57.1. The zero-order valence-corrected chi connectivity index (χ0v) is 15.5. The predicted octanol–water partition coefficient (Wildman–Crippen LogP) is 1.23. The molecule has 0 N–H and O–H groups in total. The molecule has 1 saturated carbocycles. The van der Waals surface area contributed by atoms with Crippen LogP contribution in [0.3, 0.4) is 0 Å². The topological polar surface area (TPSA) is 9.23 Å². The van der Waals surface area contributed by atoms with Crippen LogP contribution in [0.2, 0.25) is 0 Å². The van der Waals surface area contributed by atoms with Crippen molar-refractivity contribution in [3.8, 4) is 5.75 Å². The van der Waals surface area contributed by atoms with E-state index < -0.39 is 18.3 Å². The Hall–Kier alpha value is 0.441. The molecule has 0 heterocycles. The maximum Gasteiger partial charge on any atom is 1.00 e. The van der Waals surface area contributed by atoms with Crippen molar-refractivity contribution in [3.05, 3.63) is 24.0 Å². The first kappa shape index (κ1) is 19.5. The van der Waals surface area contributed by atoms with Crippen LogP contribution in [0.25, 0.3) is 0 Å². The first-order valence-electron chi connectivity index (χ1n) is 7.06. The molecule has 112 valence electrons. The molecule has 0 spiro atoms. The molecule has 0 saturated heterocycles. The van der Waals surface area contributed by atoms with Crippen molar-refractivity contribution in [2.24, 2.45) is 5.92 Å². The minimum absolute atomic E-state index is 0. The van der Waals surface area contributed by atoms with Crippen molar-refractivity contribution in [1.82, 2.24) is 0 Å². The molecule has 7 heteroatoms. The number of rotatable bonds is 4. The van der Waals surface area contributed by atoms with Gasteiger partial charge in [0.15, 0.2) is 11.6 Å². The smallest absolute Gasteiger partial charge is 0.487 e. The van der Waals surface area contributed by atoms with Crippen LogP contribution in [0.1, 0.15) is 39.0 Å². The van der Waals surface area contributed by atoms with Crippen LogP contribution in [0.5, 0.6) is 5.75 Å². The summed E-state index contributed by atoms with van der Waals surface area (Å²) in [6.07, 6.45) is 4.50. The second-order valence-corrected chi connectivity index (χ2v) is 5.45. The van der Waals surface area contributed by atoms with Gasteiger partial charge in [0.05, 0.1) is 6.10 Å². The van der Waals surface area contributed by atoms with E-state index in [4.69, 9.17) is 4.74 Å². The molecule has 2 rings (SSSR count). The molecule has 0 aliphatic heterocycles. The normalized spacial score (nSPS) is 22.5. The van der Waals surface area contributed by atoms with Crippen LogP contribution in [0, 0.1) is 11.7 Å². The molecule has 1 aliphatic carbocycles. The Bertz CT molecular complexity index is 467. The Kier molecular flexibility index (Phi) is 7.74. The third-order valence-corrected chi connectivity index (χ3v) is 3.94. The maximum absolute atomic E-state index is 13.6. The molecule has 1 aromatic carbocycles. The van der Waals surface area contributed by atoms with E-state index in [1.54, 1.807) is 0 Å². The van der Waals surface area contributed by atoms with E-state index in [0.717, 1.165) is 50.3 Å². The van der Waals surface area contributed by atoms with Crippen LogP contribution in [0.4, 0.5) is 17.3 Å². The van der Waals surface area contributed by atoms with Gasteiger partial charge in [-0.05, 0) is 37.3 Å². The monoisotopic (exact) mass is 328 g/mol. The summed E-state index contributed by atoms with van der Waals surface area (Å²) in [7, 11) is 0. The van der Waals surface area contributed by atoms with E-state index in [-0.39, 0.29) is 63.2 Å². The largest absolute Gasteiger partial charge is 1.00 e. The molecular weight excluding hydrogens is 310 g/mol. The van der Waals surface area contributed by atoms with Gasteiger partial charge in [0, 0.05) is 0 Å². The Morgan fingerprint density at radius 1 is 1.24 bits per heavy atom.